The first kappa shape index (κ1) is 15.6. The minimum Gasteiger partial charge on any atom is -0.342 e. The van der Waals surface area contributed by atoms with Crippen LogP contribution in [0.2, 0.25) is 0 Å². The zero-order valence-corrected chi connectivity index (χ0v) is 12.2. The molecule has 21 heavy (non-hydrogen) atoms. The predicted octanol–water partition coefficient (Wildman–Crippen LogP) is 3.68. The van der Waals surface area contributed by atoms with Crippen LogP contribution in [-0.4, -0.2) is 15.5 Å². The van der Waals surface area contributed by atoms with Crippen LogP contribution in [-0.2, 0) is 12.6 Å². The smallest absolute Gasteiger partial charge is 0.342 e. The van der Waals surface area contributed by atoms with Crippen molar-refractivity contribution in [1.29, 1.82) is 0 Å². The second kappa shape index (κ2) is 5.18. The van der Waals surface area contributed by atoms with Crippen molar-refractivity contribution in [3.63, 3.8) is 0 Å². The summed E-state index contributed by atoms with van der Waals surface area (Å²) in [7, 11) is 0. The van der Waals surface area contributed by atoms with E-state index in [1.165, 1.54) is 6.07 Å². The third-order valence-corrected chi connectivity index (χ3v) is 3.07. The first-order chi connectivity index (χ1) is 9.56. The summed E-state index contributed by atoms with van der Waals surface area (Å²) in [6.45, 7) is 5.60. The molecule has 0 amide bonds. The zero-order chi connectivity index (χ0) is 15.8. The molecule has 2 aromatic rings. The fourth-order valence-electron chi connectivity index (χ4n) is 2.08. The lowest BCUT2D eigenvalue weighted by molar-refractivity contribution is -0.137. The van der Waals surface area contributed by atoms with Gasteiger partial charge in [-0.25, -0.2) is 4.98 Å². The largest absolute Gasteiger partial charge is 0.416 e. The van der Waals surface area contributed by atoms with Crippen molar-refractivity contribution in [1.82, 2.24) is 9.97 Å². The Bertz CT molecular complexity index is 636. The molecule has 0 unspecified atom stereocenters. The van der Waals surface area contributed by atoms with Crippen molar-refractivity contribution in [2.75, 3.05) is 0 Å². The molecule has 3 N–H and O–H groups in total. The molecule has 0 aliphatic carbocycles. The normalized spacial score (nSPS) is 12.7. The molecule has 0 saturated carbocycles. The number of nitrogens with two attached hydrogens (primary N) is 1. The van der Waals surface area contributed by atoms with Gasteiger partial charge in [0.1, 0.15) is 5.82 Å². The van der Waals surface area contributed by atoms with Gasteiger partial charge in [0.25, 0.3) is 0 Å². The summed E-state index contributed by atoms with van der Waals surface area (Å²) in [4.78, 5) is 7.41. The topological polar surface area (TPSA) is 54.7 Å². The number of halogens is 3. The van der Waals surface area contributed by atoms with Gasteiger partial charge in [0.2, 0.25) is 0 Å². The van der Waals surface area contributed by atoms with Gasteiger partial charge in [0, 0.05) is 23.2 Å². The lowest BCUT2D eigenvalue weighted by Gasteiger charge is -2.16. The number of nitrogens with one attached hydrogen (secondary N) is 1. The van der Waals surface area contributed by atoms with E-state index in [2.05, 4.69) is 9.97 Å². The summed E-state index contributed by atoms with van der Waals surface area (Å²) in [5.41, 5.74) is 6.86. The van der Waals surface area contributed by atoms with Gasteiger partial charge in [0.05, 0.1) is 11.3 Å². The van der Waals surface area contributed by atoms with E-state index < -0.39 is 17.3 Å². The fraction of sp³-hybridized carbons (Fsp3) is 0.400. The van der Waals surface area contributed by atoms with Crippen molar-refractivity contribution in [2.24, 2.45) is 5.73 Å². The maximum absolute atomic E-state index is 12.7. The summed E-state index contributed by atoms with van der Waals surface area (Å²) in [6.07, 6.45) is -3.81. The number of H-pyrrole nitrogens is 1. The van der Waals surface area contributed by atoms with Crippen molar-refractivity contribution in [3.05, 3.63) is 41.2 Å². The van der Waals surface area contributed by atoms with Gasteiger partial charge in [-0.1, -0.05) is 12.1 Å². The number of hydrogen-bond acceptors (Lipinski definition) is 2. The SMILES string of the molecule is Cc1[nH]c(-c2cccc(C(F)(F)F)c2)nc1CC(C)(C)N. The van der Waals surface area contributed by atoms with Crippen LogP contribution in [0.15, 0.2) is 24.3 Å². The Morgan fingerprint density at radius 1 is 1.24 bits per heavy atom. The van der Waals surface area contributed by atoms with Crippen LogP contribution in [0.3, 0.4) is 0 Å². The number of imidazole rings is 1. The molecule has 0 fully saturated rings. The molecule has 1 aromatic carbocycles. The van der Waals surface area contributed by atoms with E-state index in [4.69, 9.17) is 5.73 Å². The number of alkyl halides is 3. The number of aromatic amines is 1. The Hall–Kier alpha value is -1.82. The Morgan fingerprint density at radius 3 is 2.48 bits per heavy atom. The first-order valence-corrected chi connectivity index (χ1v) is 6.58. The Kier molecular flexibility index (Phi) is 3.84. The molecule has 0 radical (unpaired) electrons. The van der Waals surface area contributed by atoms with Gasteiger partial charge < -0.3 is 10.7 Å². The number of nitrogens with zero attached hydrogens (tertiary/aromatic N) is 1. The van der Waals surface area contributed by atoms with Crippen LogP contribution in [0.5, 0.6) is 0 Å². The van der Waals surface area contributed by atoms with E-state index in [9.17, 15) is 13.2 Å². The molecule has 1 aromatic heterocycles. The van der Waals surface area contributed by atoms with Gasteiger partial charge in [-0.2, -0.15) is 13.2 Å². The summed E-state index contributed by atoms with van der Waals surface area (Å²) >= 11 is 0. The maximum Gasteiger partial charge on any atom is 0.416 e. The highest BCUT2D eigenvalue weighted by Crippen LogP contribution is 2.31. The van der Waals surface area contributed by atoms with E-state index in [1.54, 1.807) is 6.07 Å². The van der Waals surface area contributed by atoms with Crippen LogP contribution in [0, 0.1) is 6.92 Å². The summed E-state index contributed by atoms with van der Waals surface area (Å²) < 4.78 is 38.2. The average Bonchev–Trinajstić information content (AvgIpc) is 2.68. The third-order valence-electron chi connectivity index (χ3n) is 3.07. The molecular formula is C15H18F3N3. The molecule has 1 heterocycles. The maximum atomic E-state index is 12.7. The van der Waals surface area contributed by atoms with Gasteiger partial charge in [0.15, 0.2) is 0 Å². The van der Waals surface area contributed by atoms with Gasteiger partial charge in [-0.15, -0.1) is 0 Å². The number of aromatic nitrogens is 2. The molecule has 0 bridgehead atoms. The highest BCUT2D eigenvalue weighted by atomic mass is 19.4. The second-order valence-electron chi connectivity index (χ2n) is 5.90. The quantitative estimate of drug-likeness (QED) is 0.908. The molecule has 0 aliphatic heterocycles. The Labute approximate surface area is 121 Å². The number of hydrogen-bond donors (Lipinski definition) is 2. The highest BCUT2D eigenvalue weighted by Gasteiger charge is 2.30. The van der Waals surface area contributed by atoms with Crippen molar-refractivity contribution < 1.29 is 13.2 Å². The molecular weight excluding hydrogens is 279 g/mol. The van der Waals surface area contributed by atoms with Crippen LogP contribution >= 0.6 is 0 Å². The molecule has 2 rings (SSSR count). The van der Waals surface area contributed by atoms with Crippen LogP contribution in [0.1, 0.15) is 30.8 Å². The molecule has 0 saturated heterocycles. The number of aryl methyl sites for hydroxylation is 1. The fourth-order valence-corrected chi connectivity index (χ4v) is 2.08. The molecule has 0 spiro atoms. The Morgan fingerprint density at radius 2 is 1.90 bits per heavy atom. The van der Waals surface area contributed by atoms with E-state index in [-0.39, 0.29) is 0 Å². The van der Waals surface area contributed by atoms with Gasteiger partial charge in [-0.3, -0.25) is 0 Å². The zero-order valence-electron chi connectivity index (χ0n) is 12.2. The van der Waals surface area contributed by atoms with E-state index >= 15 is 0 Å². The minimum absolute atomic E-state index is 0.411. The van der Waals surface area contributed by atoms with E-state index in [0.29, 0.717) is 17.8 Å². The Balaban J connectivity index is 2.37. The van der Waals surface area contributed by atoms with Gasteiger partial charge >= 0.3 is 6.18 Å². The molecule has 0 aliphatic rings. The van der Waals surface area contributed by atoms with Gasteiger partial charge in [-0.05, 0) is 32.9 Å². The molecule has 3 nitrogen and oxygen atoms in total. The average molecular weight is 297 g/mol. The van der Waals surface area contributed by atoms with Crippen molar-refractivity contribution in [2.45, 2.75) is 38.9 Å². The standard InChI is InChI=1S/C15H18F3N3/c1-9-12(8-14(2,3)19)21-13(20-9)10-5-4-6-11(7-10)15(16,17)18/h4-7H,8,19H2,1-3H3,(H,20,21). The first-order valence-electron chi connectivity index (χ1n) is 6.58. The van der Waals surface area contributed by atoms with Crippen molar-refractivity contribution in [3.8, 4) is 11.4 Å². The molecule has 0 atom stereocenters. The van der Waals surface area contributed by atoms with Crippen LogP contribution in [0.25, 0.3) is 11.4 Å². The van der Waals surface area contributed by atoms with Crippen molar-refractivity contribution >= 4 is 0 Å². The van der Waals surface area contributed by atoms with E-state index in [1.807, 2.05) is 20.8 Å². The summed E-state index contributed by atoms with van der Waals surface area (Å²) in [5.74, 6) is 0.429. The summed E-state index contributed by atoms with van der Waals surface area (Å²) in [5, 5.41) is 0. The minimum atomic E-state index is -4.36. The molecule has 6 heteroatoms. The van der Waals surface area contributed by atoms with Crippen LogP contribution < -0.4 is 5.73 Å². The lowest BCUT2D eigenvalue weighted by atomic mass is 9.99. The lowest BCUT2D eigenvalue weighted by Crippen LogP contribution is -2.34. The van der Waals surface area contributed by atoms with Crippen LogP contribution in [0.4, 0.5) is 13.2 Å². The third kappa shape index (κ3) is 3.85. The highest BCUT2D eigenvalue weighted by molar-refractivity contribution is 5.57. The predicted molar refractivity (Wildman–Crippen MR) is 75.7 cm³/mol. The molecule has 114 valence electrons. The second-order valence-corrected chi connectivity index (χ2v) is 5.90. The number of benzene rings is 1. The number of rotatable bonds is 3. The monoisotopic (exact) mass is 297 g/mol. The van der Waals surface area contributed by atoms with E-state index in [0.717, 1.165) is 23.5 Å². The summed E-state index contributed by atoms with van der Waals surface area (Å²) in [6, 6.07) is 5.12.